The van der Waals surface area contributed by atoms with Crippen LogP contribution in [0.25, 0.3) is 16.3 Å². The second-order valence-corrected chi connectivity index (χ2v) is 9.18. The largest absolute Gasteiger partial charge is 0.0804 e. The molecule has 2 atom stereocenters. The molecule has 0 heterocycles. The molecule has 152 valence electrons. The minimum Gasteiger partial charge on any atom is -0.0804 e. The van der Waals surface area contributed by atoms with E-state index in [1.807, 2.05) is 0 Å². The van der Waals surface area contributed by atoms with Gasteiger partial charge >= 0.3 is 0 Å². The van der Waals surface area contributed by atoms with Crippen LogP contribution in [0.5, 0.6) is 0 Å². The Morgan fingerprint density at radius 3 is 2.46 bits per heavy atom. The van der Waals surface area contributed by atoms with Gasteiger partial charge in [-0.2, -0.15) is 0 Å². The van der Waals surface area contributed by atoms with Crippen molar-refractivity contribution in [3.63, 3.8) is 0 Å². The molecule has 2 aromatic rings. The van der Waals surface area contributed by atoms with Crippen molar-refractivity contribution >= 4 is 16.3 Å². The lowest BCUT2D eigenvalue weighted by Gasteiger charge is -2.24. The lowest BCUT2D eigenvalue weighted by molar-refractivity contribution is 0.362. The number of hydrogen-bond donors (Lipinski definition) is 0. The van der Waals surface area contributed by atoms with E-state index in [1.165, 1.54) is 92.5 Å². The lowest BCUT2D eigenvalue weighted by atomic mass is 9.81. The van der Waals surface area contributed by atoms with Crippen molar-refractivity contribution in [1.82, 2.24) is 0 Å². The Morgan fingerprint density at radius 1 is 0.929 bits per heavy atom. The number of hydrogen-bond acceptors (Lipinski definition) is 0. The predicted octanol–water partition coefficient (Wildman–Crippen LogP) is 8.97. The molecule has 0 bridgehead atoms. The fraction of sp³-hybridized carbons (Fsp3) is 0.571. The first kappa shape index (κ1) is 21.2. The zero-order valence-electron chi connectivity index (χ0n) is 18.5. The second kappa shape index (κ2) is 10.8. The van der Waals surface area contributed by atoms with Crippen LogP contribution in [0.3, 0.4) is 0 Å². The highest BCUT2D eigenvalue weighted by Gasteiger charge is 2.17. The van der Waals surface area contributed by atoms with E-state index >= 15 is 0 Å². The van der Waals surface area contributed by atoms with E-state index in [9.17, 15) is 0 Å². The predicted molar refractivity (Wildman–Crippen MR) is 126 cm³/mol. The summed E-state index contributed by atoms with van der Waals surface area (Å²) in [5.74, 6) is 1.78. The molecule has 28 heavy (non-hydrogen) atoms. The van der Waals surface area contributed by atoms with Gasteiger partial charge in [0.1, 0.15) is 0 Å². The summed E-state index contributed by atoms with van der Waals surface area (Å²) >= 11 is 0. The van der Waals surface area contributed by atoms with E-state index in [2.05, 4.69) is 63.2 Å². The first-order valence-corrected chi connectivity index (χ1v) is 11.9. The van der Waals surface area contributed by atoms with Gasteiger partial charge in [0.05, 0.1) is 0 Å². The van der Waals surface area contributed by atoms with Gasteiger partial charge in [-0.3, -0.25) is 0 Å². The van der Waals surface area contributed by atoms with Crippen molar-refractivity contribution in [2.45, 2.75) is 91.4 Å². The maximum Gasteiger partial charge on any atom is -0.0178 e. The van der Waals surface area contributed by atoms with Crippen LogP contribution >= 0.6 is 0 Å². The zero-order chi connectivity index (χ0) is 19.8. The third-order valence-electron chi connectivity index (χ3n) is 6.80. The number of fused-ring (bicyclic) bond motifs is 1. The molecule has 0 nitrogen and oxygen atoms in total. The average molecular weight is 377 g/mol. The molecule has 0 radical (unpaired) electrons. The molecule has 1 aliphatic carbocycles. The van der Waals surface area contributed by atoms with Crippen LogP contribution in [0.4, 0.5) is 0 Å². The van der Waals surface area contributed by atoms with E-state index < -0.39 is 0 Å². The smallest absolute Gasteiger partial charge is 0.0178 e. The van der Waals surface area contributed by atoms with E-state index in [0.29, 0.717) is 0 Å². The molecule has 2 unspecified atom stereocenters. The number of benzene rings is 2. The molecule has 3 rings (SSSR count). The Balaban J connectivity index is 1.61. The number of rotatable bonds is 10. The molecular weight excluding hydrogens is 336 g/mol. The van der Waals surface area contributed by atoms with Crippen LogP contribution in [-0.2, 0) is 6.42 Å². The highest BCUT2D eigenvalue weighted by Crippen LogP contribution is 2.35. The van der Waals surface area contributed by atoms with Crippen molar-refractivity contribution < 1.29 is 0 Å². The quantitative estimate of drug-likeness (QED) is 0.363. The Kier molecular flexibility index (Phi) is 8.19. The van der Waals surface area contributed by atoms with E-state index in [1.54, 1.807) is 5.57 Å². The molecule has 0 heteroatoms. The van der Waals surface area contributed by atoms with Gasteiger partial charge in [-0.25, -0.2) is 0 Å². The summed E-state index contributed by atoms with van der Waals surface area (Å²) in [5, 5.41) is 2.80. The van der Waals surface area contributed by atoms with Crippen molar-refractivity contribution in [3.05, 3.63) is 53.6 Å². The maximum absolute atomic E-state index is 2.53. The van der Waals surface area contributed by atoms with Gasteiger partial charge in [0.25, 0.3) is 0 Å². The van der Waals surface area contributed by atoms with Gasteiger partial charge in [-0.1, -0.05) is 89.3 Å². The van der Waals surface area contributed by atoms with E-state index in [-0.39, 0.29) is 0 Å². The molecule has 1 aliphatic rings. The first-order valence-electron chi connectivity index (χ1n) is 11.9. The summed E-state index contributed by atoms with van der Waals surface area (Å²) in [6.07, 6.45) is 17.2. The Labute approximate surface area is 173 Å². The Bertz CT molecular complexity index is 767. The molecule has 0 amide bonds. The molecule has 2 aromatic carbocycles. The SMILES string of the molecule is CCCCCCCc1ccc2cc(C3=CCC(CC(C)CC)CC3)ccc2c1. The molecule has 0 aliphatic heterocycles. The minimum absolute atomic E-state index is 0.876. The van der Waals surface area contributed by atoms with E-state index in [4.69, 9.17) is 0 Å². The topological polar surface area (TPSA) is 0 Å². The summed E-state index contributed by atoms with van der Waals surface area (Å²) in [5.41, 5.74) is 4.52. The van der Waals surface area contributed by atoms with Crippen molar-refractivity contribution in [2.75, 3.05) is 0 Å². The summed E-state index contributed by atoms with van der Waals surface area (Å²) in [6.45, 7) is 7.01. The highest BCUT2D eigenvalue weighted by atomic mass is 14.2. The maximum atomic E-state index is 2.53. The number of aryl methyl sites for hydroxylation is 1. The Hall–Kier alpha value is -1.56. The second-order valence-electron chi connectivity index (χ2n) is 9.18. The van der Waals surface area contributed by atoms with Crippen molar-refractivity contribution in [3.8, 4) is 0 Å². The Morgan fingerprint density at radius 2 is 1.71 bits per heavy atom. The van der Waals surface area contributed by atoms with E-state index in [0.717, 1.165) is 11.8 Å². The number of allylic oxidation sites excluding steroid dienone is 2. The summed E-state index contributed by atoms with van der Waals surface area (Å²) in [4.78, 5) is 0. The molecule has 0 N–H and O–H groups in total. The highest BCUT2D eigenvalue weighted by molar-refractivity contribution is 5.87. The zero-order valence-corrected chi connectivity index (χ0v) is 18.5. The van der Waals surface area contributed by atoms with Crippen LogP contribution in [0.1, 0.15) is 96.1 Å². The monoisotopic (exact) mass is 376 g/mol. The summed E-state index contributed by atoms with van der Waals surface area (Å²) in [7, 11) is 0. The van der Waals surface area contributed by atoms with Gasteiger partial charge < -0.3 is 0 Å². The third kappa shape index (κ3) is 5.97. The molecule has 0 spiro atoms. The standard InChI is InChI=1S/C28H40/c1-4-6-7-8-9-10-23-13-16-28-21-27(18-17-26(28)20-23)25-14-11-24(12-15-25)19-22(3)5-2/h13-14,16-18,20-22,24H,4-12,15,19H2,1-3H3. The summed E-state index contributed by atoms with van der Waals surface area (Å²) in [6, 6.07) is 14.2. The fourth-order valence-electron chi connectivity index (χ4n) is 4.68. The fourth-order valence-corrected chi connectivity index (χ4v) is 4.68. The van der Waals surface area contributed by atoms with Crippen LogP contribution in [0.15, 0.2) is 42.5 Å². The molecule has 0 aromatic heterocycles. The van der Waals surface area contributed by atoms with Crippen LogP contribution in [0.2, 0.25) is 0 Å². The molecular formula is C28H40. The van der Waals surface area contributed by atoms with Crippen molar-refractivity contribution in [1.29, 1.82) is 0 Å². The van der Waals surface area contributed by atoms with Crippen LogP contribution in [0, 0.1) is 11.8 Å². The lowest BCUT2D eigenvalue weighted by Crippen LogP contribution is -2.09. The normalized spacial score (nSPS) is 18.2. The van der Waals surface area contributed by atoms with Gasteiger partial charge in [-0.15, -0.1) is 0 Å². The van der Waals surface area contributed by atoms with Gasteiger partial charge in [0, 0.05) is 0 Å². The third-order valence-corrected chi connectivity index (χ3v) is 6.80. The van der Waals surface area contributed by atoms with Crippen LogP contribution in [-0.4, -0.2) is 0 Å². The van der Waals surface area contributed by atoms with Crippen LogP contribution < -0.4 is 0 Å². The minimum atomic E-state index is 0.876. The molecule has 0 fully saturated rings. The first-order chi connectivity index (χ1) is 13.7. The molecule has 0 saturated heterocycles. The average Bonchev–Trinajstić information content (AvgIpc) is 2.73. The van der Waals surface area contributed by atoms with Gasteiger partial charge in [0.2, 0.25) is 0 Å². The summed E-state index contributed by atoms with van der Waals surface area (Å²) < 4.78 is 0. The molecule has 0 saturated carbocycles. The number of unbranched alkanes of at least 4 members (excludes halogenated alkanes) is 4. The van der Waals surface area contributed by atoms with Crippen molar-refractivity contribution in [2.24, 2.45) is 11.8 Å². The van der Waals surface area contributed by atoms with Gasteiger partial charge in [-0.05, 0) is 83.9 Å². The van der Waals surface area contributed by atoms with Gasteiger partial charge in [0.15, 0.2) is 0 Å².